The number of methoxy groups -OCH3 is 2. The minimum atomic E-state index is -1.82. The van der Waals surface area contributed by atoms with Crippen LogP contribution in [0, 0.1) is 5.92 Å². The summed E-state index contributed by atoms with van der Waals surface area (Å²) in [5.74, 6) is -1.52. The summed E-state index contributed by atoms with van der Waals surface area (Å²) in [7, 11) is 7.83. The zero-order valence-corrected chi connectivity index (χ0v) is 32.2. The molecule has 3 aliphatic rings. The summed E-state index contributed by atoms with van der Waals surface area (Å²) in [6.45, 7) is 7.66. The Morgan fingerprint density at radius 1 is 1.27 bits per heavy atom. The second-order valence-corrected chi connectivity index (χ2v) is 14.5. The fraction of sp³-hybridized carbons (Fsp3) is 0.622. The monoisotopic (exact) mass is 748 g/mol. The Labute approximate surface area is 310 Å². The van der Waals surface area contributed by atoms with Crippen molar-refractivity contribution < 1.29 is 48.0 Å². The van der Waals surface area contributed by atoms with Crippen molar-refractivity contribution in [3.05, 3.63) is 46.5 Å². The molecule has 15 heteroatoms. The first kappa shape index (κ1) is 41.1. The van der Waals surface area contributed by atoms with Gasteiger partial charge in [0.05, 0.1) is 25.3 Å². The van der Waals surface area contributed by atoms with Crippen LogP contribution in [0.15, 0.2) is 35.9 Å². The Morgan fingerprint density at radius 2 is 1.98 bits per heavy atom. The number of esters is 1. The number of aliphatic hydroxyl groups is 1. The summed E-state index contributed by atoms with van der Waals surface area (Å²) < 4.78 is 29.2. The lowest BCUT2D eigenvalue weighted by molar-refractivity contribution is -0.162. The van der Waals surface area contributed by atoms with Gasteiger partial charge in [-0.2, -0.15) is 0 Å². The molecule has 0 aliphatic carbocycles. The summed E-state index contributed by atoms with van der Waals surface area (Å²) >= 11 is 6.75. The third kappa shape index (κ3) is 9.08. The number of carbonyl (C=O) groups excluding carboxylic acids is 4. The van der Waals surface area contributed by atoms with Gasteiger partial charge in [-0.25, -0.2) is 9.59 Å². The predicted octanol–water partition coefficient (Wildman–Crippen LogP) is 3.51. The summed E-state index contributed by atoms with van der Waals surface area (Å²) in [4.78, 5) is 56.2. The smallest absolute Gasteiger partial charge is 0.409 e. The van der Waals surface area contributed by atoms with Crippen LogP contribution >= 0.6 is 11.6 Å². The molecule has 1 aromatic carbocycles. The van der Waals surface area contributed by atoms with Gasteiger partial charge in [0.25, 0.3) is 0 Å². The van der Waals surface area contributed by atoms with E-state index < -0.39 is 65.7 Å². The first-order chi connectivity index (χ1) is 24.5. The molecule has 3 heterocycles. The molecule has 3 amide bonds. The van der Waals surface area contributed by atoms with Gasteiger partial charge in [0.15, 0.2) is 5.72 Å². The predicted molar refractivity (Wildman–Crippen MR) is 194 cm³/mol. The van der Waals surface area contributed by atoms with E-state index in [0.717, 1.165) is 11.1 Å². The molecule has 3 N–H and O–H groups in total. The molecular weight excluding hydrogens is 696 g/mol. The lowest BCUT2D eigenvalue weighted by Crippen LogP contribution is -2.63. The van der Waals surface area contributed by atoms with Crippen LogP contribution in [-0.2, 0) is 39.8 Å². The highest BCUT2D eigenvalue weighted by atomic mass is 35.5. The standard InChI is InChI=1S/C37H53ClN4O10/c1-21-12-10-13-28(49-9)37(47)20-27(50-35(46)40-37)22(2)33-36(4,52-33)29(51-34(45)23(3)41(6)30(43)14-11-15-39-5)19-31(44)42(7)25-17-24(16-21)18-26(48-8)32(25)38/h10,12-13,17-18,22-23,27-29,33,39,47H,11,14-16,19-20H2,1-9H3,(H,40,46)/b13-10+,21-12+/t22-,23+,27+,28-,29-,33+,36+,37+/m1/s1. The molecule has 288 valence electrons. The molecule has 4 bridgehead atoms. The molecule has 0 unspecified atom stereocenters. The van der Waals surface area contributed by atoms with Gasteiger partial charge in [0, 0.05) is 40.0 Å². The normalized spacial score (nSPS) is 31.6. The highest BCUT2D eigenvalue weighted by Crippen LogP contribution is 2.49. The molecule has 52 heavy (non-hydrogen) atoms. The molecule has 0 radical (unpaired) electrons. The van der Waals surface area contributed by atoms with E-state index in [2.05, 4.69) is 10.6 Å². The molecule has 14 nitrogen and oxygen atoms in total. The largest absolute Gasteiger partial charge is 0.495 e. The number of likely N-dealkylation sites (N-methyl/N-ethyl adjacent to an activating group) is 1. The SMILES string of the molecule is CNCCCC(=O)N(C)[C@@H](C)C(=O)O[C@@H]1CC(=O)N(C)c2cc(cc(OC)c2Cl)C/C(C)=C/C=C/[C@@H](OC)[C@@]2(O)C[C@H](OC(=O)N2)[C@@H](C)[C@@H]2O[C@@]12C. The number of nitrogens with one attached hydrogen (secondary N) is 2. The Kier molecular flexibility index (Phi) is 13.4. The number of halogens is 1. The van der Waals surface area contributed by atoms with Crippen LogP contribution in [0.1, 0.15) is 58.9 Å². The van der Waals surface area contributed by atoms with E-state index in [4.69, 9.17) is 35.3 Å². The topological polar surface area (TPSA) is 169 Å². The number of epoxide rings is 1. The van der Waals surface area contributed by atoms with Gasteiger partial charge < -0.3 is 43.9 Å². The number of amides is 3. The number of alkyl carbamates (subject to hydrolysis) is 1. The van der Waals surface area contributed by atoms with Gasteiger partial charge in [-0.15, -0.1) is 0 Å². The molecular formula is C37H53ClN4O10. The summed E-state index contributed by atoms with van der Waals surface area (Å²) in [5, 5.41) is 17.5. The van der Waals surface area contributed by atoms with E-state index in [0.29, 0.717) is 30.8 Å². The highest BCUT2D eigenvalue weighted by molar-refractivity contribution is 6.35. The van der Waals surface area contributed by atoms with Crippen molar-refractivity contribution in [1.29, 1.82) is 0 Å². The second kappa shape index (κ2) is 17.0. The lowest BCUT2D eigenvalue weighted by Gasteiger charge is -2.42. The molecule has 0 aromatic heterocycles. The second-order valence-electron chi connectivity index (χ2n) is 14.1. The van der Waals surface area contributed by atoms with Crippen LogP contribution in [-0.4, -0.2) is 118 Å². The van der Waals surface area contributed by atoms with Crippen LogP contribution < -0.4 is 20.3 Å². The Morgan fingerprint density at radius 3 is 2.63 bits per heavy atom. The summed E-state index contributed by atoms with van der Waals surface area (Å²) in [6, 6.07) is 2.63. The van der Waals surface area contributed by atoms with Crippen LogP contribution in [0.25, 0.3) is 0 Å². The zero-order valence-electron chi connectivity index (χ0n) is 31.5. The number of benzene rings is 1. The molecule has 3 aliphatic heterocycles. The molecule has 4 rings (SSSR count). The first-order valence-electron chi connectivity index (χ1n) is 17.5. The highest BCUT2D eigenvalue weighted by Gasteiger charge is 2.64. The fourth-order valence-electron chi connectivity index (χ4n) is 6.81. The number of hydrogen-bond acceptors (Lipinski definition) is 11. The van der Waals surface area contributed by atoms with Crippen molar-refractivity contribution in [2.75, 3.05) is 46.8 Å². The maximum Gasteiger partial charge on any atom is 0.409 e. The summed E-state index contributed by atoms with van der Waals surface area (Å²) in [6.07, 6.45) is 1.82. The quantitative estimate of drug-likeness (QED) is 0.192. The summed E-state index contributed by atoms with van der Waals surface area (Å²) in [5.41, 5.74) is -0.891. The maximum absolute atomic E-state index is 14.1. The van der Waals surface area contributed by atoms with Crippen LogP contribution in [0.5, 0.6) is 5.75 Å². The van der Waals surface area contributed by atoms with Crippen molar-refractivity contribution in [3.8, 4) is 5.75 Å². The third-order valence-electron chi connectivity index (χ3n) is 10.3. The van der Waals surface area contributed by atoms with E-state index in [9.17, 15) is 24.3 Å². The lowest BCUT2D eigenvalue weighted by atomic mass is 9.83. The van der Waals surface area contributed by atoms with Gasteiger partial charge in [-0.05, 0) is 64.9 Å². The average molecular weight is 749 g/mol. The van der Waals surface area contributed by atoms with Crippen molar-refractivity contribution in [3.63, 3.8) is 0 Å². The molecule has 0 saturated carbocycles. The third-order valence-corrected chi connectivity index (χ3v) is 10.7. The Hall–Kier alpha value is -3.69. The number of anilines is 1. The molecule has 1 aromatic rings. The zero-order chi connectivity index (χ0) is 38.5. The van der Waals surface area contributed by atoms with Gasteiger partial charge >= 0.3 is 12.1 Å². The van der Waals surface area contributed by atoms with Gasteiger partial charge in [-0.1, -0.05) is 42.3 Å². The fourth-order valence-corrected chi connectivity index (χ4v) is 7.12. The average Bonchev–Trinajstić information content (AvgIpc) is 3.80. The van der Waals surface area contributed by atoms with E-state index >= 15 is 0 Å². The van der Waals surface area contributed by atoms with Gasteiger partial charge in [0.1, 0.15) is 40.7 Å². The van der Waals surface area contributed by atoms with E-state index in [1.807, 2.05) is 13.0 Å². The number of rotatable bonds is 9. The Bertz CT molecular complexity index is 1570. The molecule has 8 atom stereocenters. The van der Waals surface area contributed by atoms with Gasteiger partial charge in [-0.3, -0.25) is 14.9 Å². The van der Waals surface area contributed by atoms with E-state index in [1.165, 1.54) is 31.1 Å². The van der Waals surface area contributed by atoms with Crippen molar-refractivity contribution >= 4 is 41.2 Å². The van der Waals surface area contributed by atoms with Crippen molar-refractivity contribution in [2.24, 2.45) is 5.92 Å². The number of allylic oxidation sites excluding steroid dienone is 3. The van der Waals surface area contributed by atoms with Gasteiger partial charge in [0.2, 0.25) is 11.8 Å². The minimum Gasteiger partial charge on any atom is -0.495 e. The minimum absolute atomic E-state index is 0.0465. The van der Waals surface area contributed by atoms with Crippen LogP contribution in [0.2, 0.25) is 5.02 Å². The van der Waals surface area contributed by atoms with Crippen LogP contribution in [0.4, 0.5) is 10.5 Å². The number of nitrogens with zero attached hydrogens (tertiary/aromatic N) is 2. The number of carbonyl (C=O) groups is 4. The first-order valence-corrected chi connectivity index (χ1v) is 17.9. The molecule has 2 saturated heterocycles. The molecule has 2 fully saturated rings. The Balaban J connectivity index is 1.74. The molecule has 0 spiro atoms. The van der Waals surface area contributed by atoms with E-state index in [1.54, 1.807) is 59.2 Å². The number of ether oxygens (including phenoxy) is 5. The van der Waals surface area contributed by atoms with Crippen molar-refractivity contribution in [2.45, 2.75) is 102 Å². The maximum atomic E-state index is 14.1. The van der Waals surface area contributed by atoms with E-state index in [-0.39, 0.29) is 30.2 Å². The number of fused-ring (bicyclic) bond motifs is 5. The van der Waals surface area contributed by atoms with Crippen LogP contribution in [0.3, 0.4) is 0 Å². The number of hydrogen-bond donors (Lipinski definition) is 3. The van der Waals surface area contributed by atoms with Crippen molar-refractivity contribution in [1.82, 2.24) is 15.5 Å².